The Hall–Kier alpha value is -3.62. The number of amides is 3. The number of methoxy groups -OCH3 is 1. The molecular weight excluding hydrogens is 396 g/mol. The molecule has 9 nitrogen and oxygen atoms in total. The van der Waals surface area contributed by atoms with E-state index >= 15 is 0 Å². The van der Waals surface area contributed by atoms with Gasteiger partial charge < -0.3 is 20.3 Å². The number of hydrogen-bond acceptors (Lipinski definition) is 5. The molecule has 0 bridgehead atoms. The standard InChI is InChI=1S/C22H26N6O3/c1-14(2)23-22(30)27-10-9-15(12-27)20-26-25-19-8-7-16(13-28(19)20)21(29)24-17-5-4-6-18(11-17)31-3/h4-8,11,13-15H,9-10,12H2,1-3H3,(H,23,30)(H,24,29)/t15-/m1/s1. The maximum atomic E-state index is 12.8. The Kier molecular flexibility index (Phi) is 5.75. The lowest BCUT2D eigenvalue weighted by molar-refractivity contribution is 0.102. The molecule has 9 heteroatoms. The highest BCUT2D eigenvalue weighted by Crippen LogP contribution is 2.27. The number of anilines is 1. The molecule has 0 spiro atoms. The summed E-state index contributed by atoms with van der Waals surface area (Å²) in [5.41, 5.74) is 1.80. The fourth-order valence-electron chi connectivity index (χ4n) is 3.72. The molecule has 3 amide bonds. The Bertz CT molecular complexity index is 1110. The molecule has 0 unspecified atom stereocenters. The van der Waals surface area contributed by atoms with Gasteiger partial charge in [0.2, 0.25) is 0 Å². The molecule has 1 aromatic carbocycles. The summed E-state index contributed by atoms with van der Waals surface area (Å²) in [5.74, 6) is 1.25. The number of urea groups is 1. The third kappa shape index (κ3) is 4.45. The topological polar surface area (TPSA) is 101 Å². The van der Waals surface area contributed by atoms with E-state index in [4.69, 9.17) is 4.74 Å². The first kappa shape index (κ1) is 20.6. The number of likely N-dealkylation sites (tertiary alicyclic amines) is 1. The number of carbonyl (C=O) groups is 2. The third-order valence-corrected chi connectivity index (χ3v) is 5.27. The average molecular weight is 422 g/mol. The summed E-state index contributed by atoms with van der Waals surface area (Å²) >= 11 is 0. The highest BCUT2D eigenvalue weighted by atomic mass is 16.5. The molecule has 4 rings (SSSR count). The molecule has 1 saturated heterocycles. The normalized spacial score (nSPS) is 16.0. The first-order valence-corrected chi connectivity index (χ1v) is 10.3. The van der Waals surface area contributed by atoms with Crippen LogP contribution in [0.2, 0.25) is 0 Å². The summed E-state index contributed by atoms with van der Waals surface area (Å²) in [7, 11) is 1.58. The van der Waals surface area contributed by atoms with Crippen LogP contribution in [0.1, 0.15) is 42.4 Å². The van der Waals surface area contributed by atoms with Crippen LogP contribution in [0.5, 0.6) is 5.75 Å². The smallest absolute Gasteiger partial charge is 0.317 e. The molecule has 1 aliphatic heterocycles. The van der Waals surface area contributed by atoms with Crippen molar-refractivity contribution in [2.75, 3.05) is 25.5 Å². The van der Waals surface area contributed by atoms with Crippen LogP contribution in [0.15, 0.2) is 42.6 Å². The SMILES string of the molecule is COc1cccc(NC(=O)c2ccc3nnc([C@@H]4CCN(C(=O)NC(C)C)C4)n3c2)c1. The second-order valence-corrected chi connectivity index (χ2v) is 7.93. The van der Waals surface area contributed by atoms with Crippen molar-refractivity contribution in [2.24, 2.45) is 0 Å². The number of hydrogen-bond donors (Lipinski definition) is 2. The maximum absolute atomic E-state index is 12.8. The van der Waals surface area contributed by atoms with E-state index in [0.717, 1.165) is 12.2 Å². The molecule has 0 aliphatic carbocycles. The van der Waals surface area contributed by atoms with Crippen LogP contribution in [0, 0.1) is 0 Å². The summed E-state index contributed by atoms with van der Waals surface area (Å²) < 4.78 is 7.05. The number of aromatic nitrogens is 3. The van der Waals surface area contributed by atoms with Crippen LogP contribution < -0.4 is 15.4 Å². The van der Waals surface area contributed by atoms with Gasteiger partial charge in [-0.3, -0.25) is 9.20 Å². The third-order valence-electron chi connectivity index (χ3n) is 5.27. The number of nitrogens with zero attached hydrogens (tertiary/aromatic N) is 4. The fourth-order valence-corrected chi connectivity index (χ4v) is 3.72. The van der Waals surface area contributed by atoms with Gasteiger partial charge in [-0.1, -0.05) is 6.07 Å². The van der Waals surface area contributed by atoms with Crippen LogP contribution in [-0.2, 0) is 0 Å². The van der Waals surface area contributed by atoms with E-state index in [0.29, 0.717) is 35.7 Å². The van der Waals surface area contributed by atoms with Gasteiger partial charge in [0, 0.05) is 43.0 Å². The van der Waals surface area contributed by atoms with Crippen molar-refractivity contribution in [1.29, 1.82) is 0 Å². The van der Waals surface area contributed by atoms with Gasteiger partial charge in [0.25, 0.3) is 5.91 Å². The van der Waals surface area contributed by atoms with Gasteiger partial charge in [-0.15, -0.1) is 10.2 Å². The molecule has 162 valence electrons. The first-order valence-electron chi connectivity index (χ1n) is 10.3. The molecule has 0 radical (unpaired) electrons. The van der Waals surface area contributed by atoms with Crippen molar-refractivity contribution in [3.05, 3.63) is 54.0 Å². The van der Waals surface area contributed by atoms with Crippen LogP contribution in [0.4, 0.5) is 10.5 Å². The van der Waals surface area contributed by atoms with Crippen molar-refractivity contribution in [3.63, 3.8) is 0 Å². The van der Waals surface area contributed by atoms with E-state index in [1.807, 2.05) is 30.4 Å². The zero-order chi connectivity index (χ0) is 22.0. The van der Waals surface area contributed by atoms with Crippen molar-refractivity contribution in [3.8, 4) is 5.75 Å². The van der Waals surface area contributed by atoms with Gasteiger partial charge in [0.15, 0.2) is 5.65 Å². The molecule has 1 atom stereocenters. The Morgan fingerprint density at radius 1 is 1.19 bits per heavy atom. The summed E-state index contributed by atoms with van der Waals surface area (Å²) in [6.45, 7) is 5.11. The molecule has 3 aromatic rings. The lowest BCUT2D eigenvalue weighted by Gasteiger charge is -2.18. The summed E-state index contributed by atoms with van der Waals surface area (Å²) in [4.78, 5) is 26.9. The largest absolute Gasteiger partial charge is 0.497 e. The molecule has 2 N–H and O–H groups in total. The minimum Gasteiger partial charge on any atom is -0.497 e. The molecule has 2 aromatic heterocycles. The molecule has 0 saturated carbocycles. The van der Waals surface area contributed by atoms with Gasteiger partial charge in [-0.25, -0.2) is 4.79 Å². The number of rotatable bonds is 5. The number of pyridine rings is 1. The lowest BCUT2D eigenvalue weighted by atomic mass is 10.1. The van der Waals surface area contributed by atoms with E-state index in [1.54, 1.807) is 42.5 Å². The quantitative estimate of drug-likeness (QED) is 0.658. The van der Waals surface area contributed by atoms with Crippen molar-refractivity contribution in [2.45, 2.75) is 32.2 Å². The Labute approximate surface area is 180 Å². The number of nitrogens with one attached hydrogen (secondary N) is 2. The highest BCUT2D eigenvalue weighted by molar-refractivity contribution is 6.04. The zero-order valence-electron chi connectivity index (χ0n) is 17.8. The van der Waals surface area contributed by atoms with E-state index < -0.39 is 0 Å². The predicted molar refractivity (Wildman–Crippen MR) is 117 cm³/mol. The fraction of sp³-hybridized carbons (Fsp3) is 0.364. The van der Waals surface area contributed by atoms with Crippen molar-refractivity contribution >= 4 is 23.3 Å². The van der Waals surface area contributed by atoms with Crippen molar-refractivity contribution in [1.82, 2.24) is 24.8 Å². The van der Waals surface area contributed by atoms with Gasteiger partial charge in [-0.05, 0) is 44.5 Å². The summed E-state index contributed by atoms with van der Waals surface area (Å²) in [6, 6.07) is 10.7. The minimum absolute atomic E-state index is 0.0598. The van der Waals surface area contributed by atoms with E-state index in [-0.39, 0.29) is 23.9 Å². The predicted octanol–water partition coefficient (Wildman–Crippen LogP) is 2.90. The first-order chi connectivity index (χ1) is 14.9. The van der Waals surface area contributed by atoms with Crippen LogP contribution in [0.25, 0.3) is 5.65 Å². The number of benzene rings is 1. The van der Waals surface area contributed by atoms with E-state index in [9.17, 15) is 9.59 Å². The Morgan fingerprint density at radius 2 is 2.03 bits per heavy atom. The van der Waals surface area contributed by atoms with Crippen LogP contribution >= 0.6 is 0 Å². The van der Waals surface area contributed by atoms with E-state index in [1.165, 1.54) is 0 Å². The van der Waals surface area contributed by atoms with Crippen LogP contribution in [-0.4, -0.2) is 57.7 Å². The zero-order valence-corrected chi connectivity index (χ0v) is 17.8. The number of carbonyl (C=O) groups excluding carboxylic acids is 2. The second-order valence-electron chi connectivity index (χ2n) is 7.93. The van der Waals surface area contributed by atoms with Crippen LogP contribution in [0.3, 0.4) is 0 Å². The minimum atomic E-state index is -0.237. The molecule has 1 aliphatic rings. The molecule has 1 fully saturated rings. The van der Waals surface area contributed by atoms with Gasteiger partial charge in [0.1, 0.15) is 11.6 Å². The Morgan fingerprint density at radius 3 is 2.81 bits per heavy atom. The molecule has 3 heterocycles. The second kappa shape index (κ2) is 8.63. The van der Waals surface area contributed by atoms with Gasteiger partial charge in [0.05, 0.1) is 12.7 Å². The van der Waals surface area contributed by atoms with Gasteiger partial charge >= 0.3 is 6.03 Å². The number of ether oxygens (including phenoxy) is 1. The summed E-state index contributed by atoms with van der Waals surface area (Å²) in [5, 5.41) is 14.4. The summed E-state index contributed by atoms with van der Waals surface area (Å²) in [6.07, 6.45) is 2.55. The highest BCUT2D eigenvalue weighted by Gasteiger charge is 2.30. The number of fused-ring (bicyclic) bond motifs is 1. The Balaban J connectivity index is 1.52. The maximum Gasteiger partial charge on any atom is 0.317 e. The van der Waals surface area contributed by atoms with Crippen molar-refractivity contribution < 1.29 is 14.3 Å². The lowest BCUT2D eigenvalue weighted by Crippen LogP contribution is -2.41. The molecule has 31 heavy (non-hydrogen) atoms. The monoisotopic (exact) mass is 422 g/mol. The van der Waals surface area contributed by atoms with E-state index in [2.05, 4.69) is 20.8 Å². The van der Waals surface area contributed by atoms with Gasteiger partial charge in [-0.2, -0.15) is 0 Å². The average Bonchev–Trinajstić information content (AvgIpc) is 3.40. The molecular formula is C22H26N6O3.